The molecule has 1 atom stereocenters. The van der Waals surface area contributed by atoms with Crippen LogP contribution in [0.25, 0.3) is 5.59 Å². The zero-order valence-corrected chi connectivity index (χ0v) is 11.1. The number of ether oxygens (including phenoxy) is 1. The average molecular weight is 261 g/mol. The Morgan fingerprint density at radius 1 is 1.44 bits per heavy atom. The average Bonchev–Trinajstić information content (AvgIpc) is 2.80. The van der Waals surface area contributed by atoms with Crippen molar-refractivity contribution in [1.29, 1.82) is 0 Å². The van der Waals surface area contributed by atoms with Crippen molar-refractivity contribution in [3.8, 4) is 0 Å². The van der Waals surface area contributed by atoms with Gasteiger partial charge in [0.05, 0.1) is 19.2 Å². The molecule has 1 unspecified atom stereocenters. The summed E-state index contributed by atoms with van der Waals surface area (Å²) in [4.78, 5) is 16.1. The van der Waals surface area contributed by atoms with E-state index in [1.54, 1.807) is 5.01 Å². The summed E-state index contributed by atoms with van der Waals surface area (Å²) in [6, 6.07) is 0. The van der Waals surface area contributed by atoms with Gasteiger partial charge in [-0.15, -0.1) is 5.01 Å². The second kappa shape index (κ2) is 8.39. The van der Waals surface area contributed by atoms with E-state index in [1.165, 1.54) is 0 Å². The molecule has 0 aromatic carbocycles. The largest absolute Gasteiger partial charge is 0.463 e. The fourth-order valence-corrected chi connectivity index (χ4v) is 1.68. The van der Waals surface area contributed by atoms with Crippen molar-refractivity contribution in [2.45, 2.75) is 45.6 Å². The molecule has 7 nitrogen and oxygen atoms in total. The van der Waals surface area contributed by atoms with Crippen molar-refractivity contribution in [3.63, 3.8) is 0 Å². The molecule has 1 rings (SSSR count). The standard InChI is InChI=1S/C11H23N3O4/c1-10(2)18-11(15)6-5-9-17-12-14(16)13-7-3-4-8-13/h10,14,16H,3-9H2,1-2H3. The fraction of sp³-hybridized carbons (Fsp3) is 0.909. The van der Waals surface area contributed by atoms with Crippen LogP contribution in [0.15, 0.2) is 0 Å². The first kappa shape index (κ1) is 15.3. The minimum atomic E-state index is -0.235. The number of carbonyl (C=O) groups excluding carboxylic acids is 1. The summed E-state index contributed by atoms with van der Waals surface area (Å²) in [6.45, 7) is 5.56. The van der Waals surface area contributed by atoms with E-state index in [9.17, 15) is 10.0 Å². The fourth-order valence-electron chi connectivity index (χ4n) is 1.68. The summed E-state index contributed by atoms with van der Waals surface area (Å²) in [6.07, 6.45) is 2.89. The number of nitrogens with zero attached hydrogens (tertiary/aromatic N) is 2. The van der Waals surface area contributed by atoms with Gasteiger partial charge >= 0.3 is 5.97 Å². The number of quaternary nitrogens is 1. The molecule has 18 heavy (non-hydrogen) atoms. The Bertz CT molecular complexity index is 244. The number of rotatable bonds is 8. The van der Waals surface area contributed by atoms with Crippen molar-refractivity contribution in [2.75, 3.05) is 19.7 Å². The minimum Gasteiger partial charge on any atom is -0.463 e. The monoisotopic (exact) mass is 261 g/mol. The van der Waals surface area contributed by atoms with Crippen LogP contribution in [-0.2, 0) is 14.4 Å². The van der Waals surface area contributed by atoms with Crippen LogP contribution in [0.4, 0.5) is 0 Å². The van der Waals surface area contributed by atoms with Crippen LogP contribution < -0.4 is 5.28 Å². The highest BCUT2D eigenvalue weighted by molar-refractivity contribution is 5.69. The van der Waals surface area contributed by atoms with E-state index in [-0.39, 0.29) is 17.4 Å². The van der Waals surface area contributed by atoms with Crippen molar-refractivity contribution < 1.29 is 24.9 Å². The number of hydrogen-bond acceptors (Lipinski definition) is 5. The third-order valence-corrected chi connectivity index (χ3v) is 2.52. The van der Waals surface area contributed by atoms with E-state index in [2.05, 4.69) is 5.59 Å². The number of esters is 1. The molecule has 0 aromatic rings. The number of nitrogens with one attached hydrogen (secondary N) is 1. The van der Waals surface area contributed by atoms with E-state index in [0.717, 1.165) is 25.9 Å². The molecule has 0 amide bonds. The lowest BCUT2D eigenvalue weighted by atomic mass is 10.3. The molecule has 0 saturated carbocycles. The van der Waals surface area contributed by atoms with Crippen LogP contribution in [-0.4, -0.2) is 42.0 Å². The zero-order valence-electron chi connectivity index (χ0n) is 11.1. The molecule has 1 saturated heterocycles. The highest BCUT2D eigenvalue weighted by atomic mass is 16.8. The quantitative estimate of drug-likeness (QED) is 0.371. The first-order valence-corrected chi connectivity index (χ1v) is 6.43. The van der Waals surface area contributed by atoms with Crippen LogP contribution in [0.5, 0.6) is 0 Å². The zero-order chi connectivity index (χ0) is 13.4. The molecule has 1 fully saturated rings. The van der Waals surface area contributed by atoms with Gasteiger partial charge in [-0.3, -0.25) is 10.4 Å². The molecule has 0 aromatic heterocycles. The minimum absolute atomic E-state index is 0.0720. The maximum absolute atomic E-state index is 11.2. The molecular formula is C11H23N3O4. The Balaban J connectivity index is 1.96. The van der Waals surface area contributed by atoms with Crippen molar-refractivity contribution in [2.24, 2.45) is 0 Å². The Hall–Kier alpha value is -0.730. The van der Waals surface area contributed by atoms with E-state index in [1.807, 2.05) is 13.8 Å². The second-order valence-corrected chi connectivity index (χ2v) is 4.56. The molecule has 1 heterocycles. The first-order chi connectivity index (χ1) is 8.59. The van der Waals surface area contributed by atoms with Gasteiger partial charge in [0.15, 0.2) is 0 Å². The van der Waals surface area contributed by atoms with Crippen LogP contribution in [0.3, 0.4) is 0 Å². The topological polar surface area (TPSA) is 77.5 Å². The molecule has 1 aliphatic heterocycles. The van der Waals surface area contributed by atoms with Gasteiger partial charge in [0, 0.05) is 13.0 Å². The van der Waals surface area contributed by atoms with Gasteiger partial charge in [-0.25, -0.2) is 5.21 Å². The molecule has 2 N–H and O–H groups in total. The summed E-state index contributed by atoms with van der Waals surface area (Å²) in [5, 5.41) is 11.2. The van der Waals surface area contributed by atoms with Crippen LogP contribution in [0.1, 0.15) is 39.5 Å². The summed E-state index contributed by atoms with van der Waals surface area (Å²) < 4.78 is 4.97. The molecule has 0 aliphatic carbocycles. The van der Waals surface area contributed by atoms with Gasteiger partial charge in [0.25, 0.3) is 0 Å². The smallest absolute Gasteiger partial charge is 0.306 e. The maximum Gasteiger partial charge on any atom is 0.306 e. The highest BCUT2D eigenvalue weighted by Crippen LogP contribution is 2.02. The van der Waals surface area contributed by atoms with Crippen LogP contribution in [0, 0.1) is 0 Å². The van der Waals surface area contributed by atoms with Gasteiger partial charge in [-0.1, -0.05) is 0 Å². The van der Waals surface area contributed by atoms with Crippen molar-refractivity contribution in [1.82, 2.24) is 5.01 Å². The lowest BCUT2D eigenvalue weighted by molar-refractivity contribution is -1.16. The van der Waals surface area contributed by atoms with Crippen LogP contribution in [0.2, 0.25) is 0 Å². The van der Waals surface area contributed by atoms with E-state index in [4.69, 9.17) is 9.57 Å². The SMILES string of the molecule is CC(C)OC(=O)CCCO[N-][NH+](O)N1CCCC1. The van der Waals surface area contributed by atoms with Crippen LogP contribution >= 0.6 is 0 Å². The lowest BCUT2D eigenvalue weighted by Crippen LogP contribution is -3.12. The summed E-state index contributed by atoms with van der Waals surface area (Å²) in [5.41, 5.74) is 3.61. The first-order valence-electron chi connectivity index (χ1n) is 6.43. The molecule has 1 aliphatic rings. The maximum atomic E-state index is 11.2. The summed E-state index contributed by atoms with van der Waals surface area (Å²) in [5.74, 6) is -0.235. The highest BCUT2D eigenvalue weighted by Gasteiger charge is 2.17. The number of carbonyl (C=O) groups is 1. The lowest BCUT2D eigenvalue weighted by Gasteiger charge is -2.29. The van der Waals surface area contributed by atoms with Crippen molar-refractivity contribution >= 4 is 5.97 Å². The summed E-state index contributed by atoms with van der Waals surface area (Å²) in [7, 11) is 0. The Morgan fingerprint density at radius 3 is 2.72 bits per heavy atom. The molecule has 0 spiro atoms. The second-order valence-electron chi connectivity index (χ2n) is 4.56. The Labute approximate surface area is 107 Å². The predicted octanol–water partition coefficient (Wildman–Crippen LogP) is 0.223. The van der Waals surface area contributed by atoms with Gasteiger partial charge < -0.3 is 9.57 Å². The molecular weight excluding hydrogens is 238 g/mol. The van der Waals surface area contributed by atoms with Gasteiger partial charge in [-0.2, -0.15) is 5.28 Å². The Kier molecular flexibility index (Phi) is 7.14. The van der Waals surface area contributed by atoms with Crippen molar-refractivity contribution in [3.05, 3.63) is 5.59 Å². The van der Waals surface area contributed by atoms with Gasteiger partial charge in [0.2, 0.25) is 0 Å². The molecule has 106 valence electrons. The van der Waals surface area contributed by atoms with E-state index < -0.39 is 0 Å². The predicted molar refractivity (Wildman–Crippen MR) is 63.3 cm³/mol. The number of hydrogen-bond donors (Lipinski definition) is 2. The third kappa shape index (κ3) is 6.27. The van der Waals surface area contributed by atoms with Gasteiger partial charge in [0.1, 0.15) is 0 Å². The molecule has 0 bridgehead atoms. The molecule has 0 radical (unpaired) electrons. The summed E-state index contributed by atoms with van der Waals surface area (Å²) >= 11 is 0. The van der Waals surface area contributed by atoms with E-state index in [0.29, 0.717) is 19.4 Å². The third-order valence-electron chi connectivity index (χ3n) is 2.52. The normalized spacial score (nSPS) is 18.2. The Morgan fingerprint density at radius 2 is 2.11 bits per heavy atom. The van der Waals surface area contributed by atoms with E-state index >= 15 is 0 Å². The molecule has 7 heteroatoms. The van der Waals surface area contributed by atoms with Gasteiger partial charge in [-0.05, 0) is 33.1 Å².